The van der Waals surface area contributed by atoms with Gasteiger partial charge in [-0.15, -0.1) is 0 Å². The Labute approximate surface area is 122 Å². The fraction of sp³-hybridized carbons (Fsp3) is 0.750. The Balaban J connectivity index is 2.16. The van der Waals surface area contributed by atoms with Crippen LogP contribution in [0, 0.1) is 0 Å². The smallest absolute Gasteiger partial charge is 0.229 e. The number of aliphatic hydroxyl groups excluding tert-OH is 4. The van der Waals surface area contributed by atoms with Crippen molar-refractivity contribution >= 4 is 5.84 Å². The van der Waals surface area contributed by atoms with Gasteiger partial charge < -0.3 is 41.5 Å². The normalized spacial score (nSPS) is 36.6. The van der Waals surface area contributed by atoms with Crippen LogP contribution >= 0.6 is 0 Å². The van der Waals surface area contributed by atoms with Crippen molar-refractivity contribution in [3.05, 3.63) is 11.8 Å². The Kier molecular flexibility index (Phi) is 5.14. The molecule has 0 aromatic heterocycles. The van der Waals surface area contributed by atoms with Crippen molar-refractivity contribution in [1.82, 2.24) is 4.90 Å². The predicted molar refractivity (Wildman–Crippen MR) is 73.6 cm³/mol. The maximum atomic E-state index is 9.99. The van der Waals surface area contributed by atoms with Crippen LogP contribution in [0.4, 0.5) is 0 Å². The first-order chi connectivity index (χ1) is 9.99. The maximum absolute atomic E-state index is 9.99. The summed E-state index contributed by atoms with van der Waals surface area (Å²) in [5.74, 6) is 0.207. The monoisotopic (exact) mass is 302 g/mol. The minimum Gasteiger partial charge on any atom is -0.394 e. The molecule has 0 spiro atoms. The average molecular weight is 302 g/mol. The van der Waals surface area contributed by atoms with Crippen LogP contribution in [0.1, 0.15) is 12.8 Å². The molecule has 0 saturated carbocycles. The zero-order valence-corrected chi connectivity index (χ0v) is 11.5. The van der Waals surface area contributed by atoms with Crippen LogP contribution in [-0.4, -0.2) is 75.2 Å². The van der Waals surface area contributed by atoms with Gasteiger partial charge in [-0.1, -0.05) is 0 Å². The van der Waals surface area contributed by atoms with Gasteiger partial charge in [-0.25, -0.2) is 4.99 Å². The van der Waals surface area contributed by atoms with E-state index in [-0.39, 0.29) is 5.84 Å². The summed E-state index contributed by atoms with van der Waals surface area (Å²) < 4.78 is 5.37. The minimum atomic E-state index is -1.32. The molecule has 8 N–H and O–H groups in total. The van der Waals surface area contributed by atoms with E-state index in [1.165, 1.54) is 4.90 Å². The molecule has 0 amide bonds. The largest absolute Gasteiger partial charge is 0.394 e. The highest BCUT2D eigenvalue weighted by Gasteiger charge is 2.46. The fourth-order valence-corrected chi connectivity index (χ4v) is 2.40. The summed E-state index contributed by atoms with van der Waals surface area (Å²) in [5, 5.41) is 38.8. The molecule has 2 aliphatic heterocycles. The van der Waals surface area contributed by atoms with Crippen LogP contribution < -0.4 is 11.5 Å². The molecule has 21 heavy (non-hydrogen) atoms. The Bertz CT molecular complexity index is 430. The van der Waals surface area contributed by atoms with Gasteiger partial charge in [-0.05, 0) is 19.4 Å². The molecule has 3 unspecified atom stereocenters. The van der Waals surface area contributed by atoms with Crippen LogP contribution in [0.3, 0.4) is 0 Å². The van der Waals surface area contributed by atoms with Crippen LogP contribution in [-0.2, 0) is 4.74 Å². The van der Waals surface area contributed by atoms with Crippen LogP contribution in [0.25, 0.3) is 0 Å². The molecule has 2 aliphatic rings. The van der Waals surface area contributed by atoms with Crippen molar-refractivity contribution < 1.29 is 25.2 Å². The van der Waals surface area contributed by atoms with E-state index in [1.807, 2.05) is 0 Å². The standard InChI is InChI=1S/C12H22N4O5/c13-3-1-2-6-4-16(12(20)15-10(6)14)11-9(19)8(18)7(5-17)21-11/h4,7-9,11-12,17-20H,1-3,5,13H2,(H2,14,15)/t7-,8?,9?,11-,12?/m1/s1. The molecule has 9 heteroatoms. The molecule has 2 rings (SSSR count). The number of hydrogen-bond donors (Lipinski definition) is 6. The van der Waals surface area contributed by atoms with Crippen molar-refractivity contribution in [1.29, 1.82) is 0 Å². The lowest BCUT2D eigenvalue weighted by Gasteiger charge is -2.34. The Morgan fingerprint density at radius 2 is 2.00 bits per heavy atom. The van der Waals surface area contributed by atoms with Gasteiger partial charge in [0.2, 0.25) is 6.35 Å². The van der Waals surface area contributed by atoms with Gasteiger partial charge in [-0.3, -0.25) is 0 Å². The predicted octanol–water partition coefficient (Wildman–Crippen LogP) is -3.00. The molecule has 0 aromatic carbocycles. The highest BCUT2D eigenvalue weighted by atomic mass is 16.6. The summed E-state index contributed by atoms with van der Waals surface area (Å²) in [6.07, 6.45) is -2.96. The van der Waals surface area contributed by atoms with E-state index in [9.17, 15) is 15.3 Å². The van der Waals surface area contributed by atoms with Crippen molar-refractivity contribution in [3.63, 3.8) is 0 Å². The molecule has 1 saturated heterocycles. The lowest BCUT2D eigenvalue weighted by atomic mass is 10.1. The number of aliphatic hydroxyl groups is 4. The van der Waals surface area contributed by atoms with Crippen LogP contribution in [0.5, 0.6) is 0 Å². The molecule has 9 nitrogen and oxygen atoms in total. The van der Waals surface area contributed by atoms with Crippen molar-refractivity contribution in [2.75, 3.05) is 13.2 Å². The molecule has 2 heterocycles. The molecule has 120 valence electrons. The topological polar surface area (TPSA) is 158 Å². The third-order valence-corrected chi connectivity index (χ3v) is 3.62. The van der Waals surface area contributed by atoms with Gasteiger partial charge >= 0.3 is 0 Å². The third kappa shape index (κ3) is 3.18. The molecule has 0 aromatic rings. The van der Waals surface area contributed by atoms with Crippen LogP contribution in [0.2, 0.25) is 0 Å². The summed E-state index contributed by atoms with van der Waals surface area (Å²) in [7, 11) is 0. The maximum Gasteiger partial charge on any atom is 0.229 e. The second-order valence-electron chi connectivity index (χ2n) is 5.08. The fourth-order valence-electron chi connectivity index (χ4n) is 2.40. The number of rotatable bonds is 5. The van der Waals surface area contributed by atoms with Crippen molar-refractivity contribution in [2.45, 2.75) is 43.7 Å². The van der Waals surface area contributed by atoms with Gasteiger partial charge in [0.25, 0.3) is 0 Å². The molecule has 0 radical (unpaired) electrons. The van der Waals surface area contributed by atoms with Gasteiger partial charge in [0.1, 0.15) is 24.1 Å². The first-order valence-electron chi connectivity index (χ1n) is 6.82. The molecule has 0 aliphatic carbocycles. The molecular weight excluding hydrogens is 280 g/mol. The highest BCUT2D eigenvalue weighted by molar-refractivity contribution is 5.97. The lowest BCUT2D eigenvalue weighted by Crippen LogP contribution is -2.48. The van der Waals surface area contributed by atoms with E-state index in [4.69, 9.17) is 21.3 Å². The second-order valence-corrected chi connectivity index (χ2v) is 5.08. The number of ether oxygens (including phenoxy) is 1. The summed E-state index contributed by atoms with van der Waals surface area (Å²) in [4.78, 5) is 5.15. The summed E-state index contributed by atoms with van der Waals surface area (Å²) in [6, 6.07) is 0. The lowest BCUT2D eigenvalue weighted by molar-refractivity contribution is -0.130. The number of nitrogens with zero attached hydrogens (tertiary/aromatic N) is 2. The minimum absolute atomic E-state index is 0.207. The third-order valence-electron chi connectivity index (χ3n) is 3.62. The summed E-state index contributed by atoms with van der Waals surface area (Å²) in [6.45, 7) is 0.0504. The van der Waals surface area contributed by atoms with E-state index in [0.717, 1.165) is 0 Å². The van der Waals surface area contributed by atoms with E-state index in [2.05, 4.69) is 4.99 Å². The average Bonchev–Trinajstić information content (AvgIpc) is 2.74. The van der Waals surface area contributed by atoms with Crippen molar-refractivity contribution in [3.8, 4) is 0 Å². The Hall–Kier alpha value is -1.23. The summed E-state index contributed by atoms with van der Waals surface area (Å²) >= 11 is 0. The summed E-state index contributed by atoms with van der Waals surface area (Å²) in [5.41, 5.74) is 11.9. The van der Waals surface area contributed by atoms with E-state index < -0.39 is 37.5 Å². The van der Waals surface area contributed by atoms with Gasteiger partial charge in [0.05, 0.1) is 6.61 Å². The molecule has 1 fully saturated rings. The van der Waals surface area contributed by atoms with Gasteiger partial charge in [-0.2, -0.15) is 0 Å². The number of aliphatic imine (C=N–C) groups is 1. The quantitative estimate of drug-likeness (QED) is 0.313. The van der Waals surface area contributed by atoms with Gasteiger partial charge in [0.15, 0.2) is 6.23 Å². The zero-order chi connectivity index (χ0) is 15.6. The van der Waals surface area contributed by atoms with E-state index in [0.29, 0.717) is 25.0 Å². The first kappa shape index (κ1) is 16.1. The highest BCUT2D eigenvalue weighted by Crippen LogP contribution is 2.28. The van der Waals surface area contributed by atoms with E-state index in [1.54, 1.807) is 6.20 Å². The number of hydrogen-bond acceptors (Lipinski definition) is 9. The van der Waals surface area contributed by atoms with Crippen molar-refractivity contribution in [2.24, 2.45) is 16.5 Å². The van der Waals surface area contributed by atoms with Gasteiger partial charge in [0, 0.05) is 11.8 Å². The second kappa shape index (κ2) is 6.69. The Morgan fingerprint density at radius 1 is 1.29 bits per heavy atom. The van der Waals surface area contributed by atoms with E-state index >= 15 is 0 Å². The molecule has 5 atom stereocenters. The number of nitrogens with two attached hydrogens (primary N) is 2. The Morgan fingerprint density at radius 3 is 2.57 bits per heavy atom. The first-order valence-corrected chi connectivity index (χ1v) is 6.82. The SMILES string of the molecule is NCCCC1=CN([C@@H]2O[C@H](CO)C(O)C2O)C(O)N=C1N. The molecular formula is C12H22N4O5. The zero-order valence-electron chi connectivity index (χ0n) is 11.5. The molecule has 0 bridgehead atoms. The van der Waals surface area contributed by atoms with Crippen LogP contribution in [0.15, 0.2) is 16.8 Å². The number of amidine groups is 1.